The summed E-state index contributed by atoms with van der Waals surface area (Å²) in [6, 6.07) is 2.55. The SMILES string of the molecule is CC(C)(C)S(=O)(=O)Nc1cc(F)cc(S(N)(=O)=O)c1. The molecule has 0 aromatic heterocycles. The number of sulfonamides is 2. The van der Waals surface area contributed by atoms with Gasteiger partial charge in [-0.15, -0.1) is 0 Å². The molecule has 0 saturated carbocycles. The van der Waals surface area contributed by atoms with Gasteiger partial charge >= 0.3 is 0 Å². The molecule has 0 amide bonds. The number of hydrogen-bond donors (Lipinski definition) is 2. The van der Waals surface area contributed by atoms with Crippen LogP contribution in [0.4, 0.5) is 10.1 Å². The predicted molar refractivity (Wildman–Crippen MR) is 70.1 cm³/mol. The van der Waals surface area contributed by atoms with E-state index in [2.05, 4.69) is 4.72 Å². The predicted octanol–water partition coefficient (Wildman–Crippen LogP) is 1.01. The Morgan fingerprint density at radius 1 is 1.11 bits per heavy atom. The molecule has 3 N–H and O–H groups in total. The first-order valence-corrected chi connectivity index (χ1v) is 8.22. The van der Waals surface area contributed by atoms with E-state index in [-0.39, 0.29) is 5.69 Å². The minimum absolute atomic E-state index is 0.195. The Labute approximate surface area is 111 Å². The molecule has 1 aromatic carbocycles. The van der Waals surface area contributed by atoms with Gasteiger partial charge in [0.2, 0.25) is 20.0 Å². The zero-order valence-corrected chi connectivity index (χ0v) is 12.3. The molecule has 0 saturated heterocycles. The molecule has 0 fully saturated rings. The van der Waals surface area contributed by atoms with Crippen LogP contribution in [0.1, 0.15) is 20.8 Å². The molecule has 0 heterocycles. The first kappa shape index (κ1) is 15.9. The zero-order chi connectivity index (χ0) is 15.1. The summed E-state index contributed by atoms with van der Waals surface area (Å²) in [5.41, 5.74) is -0.195. The van der Waals surface area contributed by atoms with E-state index in [4.69, 9.17) is 5.14 Å². The lowest BCUT2D eigenvalue weighted by Gasteiger charge is -2.20. The summed E-state index contributed by atoms with van der Waals surface area (Å²) in [5, 5.41) is 4.87. The Hall–Kier alpha value is -1.19. The molecule has 0 aliphatic heterocycles. The van der Waals surface area contributed by atoms with E-state index in [9.17, 15) is 21.2 Å². The smallest absolute Gasteiger partial charge is 0.238 e. The first-order chi connectivity index (χ1) is 8.33. The Bertz CT molecular complexity index is 691. The molecular formula is C10H15FN2O4S2. The molecule has 0 radical (unpaired) electrons. The number of benzene rings is 1. The van der Waals surface area contributed by atoms with Crippen LogP contribution in [0, 0.1) is 5.82 Å². The van der Waals surface area contributed by atoms with Gasteiger partial charge in [0, 0.05) is 0 Å². The summed E-state index contributed by atoms with van der Waals surface area (Å²) >= 11 is 0. The number of nitrogens with two attached hydrogens (primary N) is 1. The summed E-state index contributed by atoms with van der Waals surface area (Å²) in [6.45, 7) is 4.36. The highest BCUT2D eigenvalue weighted by atomic mass is 32.2. The Kier molecular flexibility index (Phi) is 3.95. The maximum absolute atomic E-state index is 13.3. The Morgan fingerprint density at radius 3 is 2.05 bits per heavy atom. The van der Waals surface area contributed by atoms with Crippen LogP contribution in [0.2, 0.25) is 0 Å². The lowest BCUT2D eigenvalue weighted by atomic mass is 10.3. The summed E-state index contributed by atoms with van der Waals surface area (Å²) in [7, 11) is -7.90. The van der Waals surface area contributed by atoms with Crippen LogP contribution < -0.4 is 9.86 Å². The molecule has 0 aliphatic carbocycles. The average Bonchev–Trinajstić information content (AvgIpc) is 2.12. The highest BCUT2D eigenvalue weighted by molar-refractivity contribution is 7.94. The van der Waals surface area contributed by atoms with Crippen LogP contribution >= 0.6 is 0 Å². The number of hydrogen-bond acceptors (Lipinski definition) is 4. The molecule has 0 unspecified atom stereocenters. The number of primary sulfonamides is 1. The van der Waals surface area contributed by atoms with Crippen LogP contribution in [0.5, 0.6) is 0 Å². The van der Waals surface area contributed by atoms with Crippen molar-refractivity contribution in [1.82, 2.24) is 0 Å². The minimum atomic E-state index is -4.11. The van der Waals surface area contributed by atoms with Gasteiger partial charge in [-0.1, -0.05) is 0 Å². The van der Waals surface area contributed by atoms with E-state index in [1.807, 2.05) is 0 Å². The van der Waals surface area contributed by atoms with E-state index in [0.717, 1.165) is 12.1 Å². The fraction of sp³-hybridized carbons (Fsp3) is 0.400. The van der Waals surface area contributed by atoms with Crippen molar-refractivity contribution in [2.75, 3.05) is 4.72 Å². The quantitative estimate of drug-likeness (QED) is 0.869. The second-order valence-corrected chi connectivity index (χ2v) is 8.94. The van der Waals surface area contributed by atoms with Crippen molar-refractivity contribution in [2.45, 2.75) is 30.4 Å². The summed E-state index contributed by atoms with van der Waals surface area (Å²) in [4.78, 5) is -0.501. The minimum Gasteiger partial charge on any atom is -0.283 e. The van der Waals surface area contributed by atoms with Gasteiger partial charge in [-0.25, -0.2) is 26.4 Å². The first-order valence-electron chi connectivity index (χ1n) is 5.19. The van der Waals surface area contributed by atoms with Gasteiger partial charge < -0.3 is 0 Å². The van der Waals surface area contributed by atoms with E-state index in [0.29, 0.717) is 6.07 Å². The third kappa shape index (κ3) is 3.88. The Morgan fingerprint density at radius 2 is 1.63 bits per heavy atom. The van der Waals surface area contributed by atoms with Gasteiger partial charge in [0.15, 0.2) is 0 Å². The number of rotatable bonds is 3. The molecule has 1 rings (SSSR count). The molecule has 6 nitrogen and oxygen atoms in total. The van der Waals surface area contributed by atoms with Crippen molar-refractivity contribution >= 4 is 25.7 Å². The van der Waals surface area contributed by atoms with Gasteiger partial charge in [-0.3, -0.25) is 4.72 Å². The number of nitrogens with one attached hydrogen (secondary N) is 1. The van der Waals surface area contributed by atoms with Crippen LogP contribution in [0.25, 0.3) is 0 Å². The second kappa shape index (κ2) is 4.73. The van der Waals surface area contributed by atoms with E-state index in [1.165, 1.54) is 20.8 Å². The second-order valence-electron chi connectivity index (χ2n) is 4.94. The summed E-state index contributed by atoms with van der Waals surface area (Å²) in [5.74, 6) is -0.905. The van der Waals surface area contributed by atoms with Crippen molar-refractivity contribution in [3.05, 3.63) is 24.0 Å². The van der Waals surface area contributed by atoms with Crippen molar-refractivity contribution in [3.63, 3.8) is 0 Å². The molecule has 1 aromatic rings. The van der Waals surface area contributed by atoms with E-state index < -0.39 is 35.5 Å². The van der Waals surface area contributed by atoms with Crippen LogP contribution in [-0.2, 0) is 20.0 Å². The van der Waals surface area contributed by atoms with E-state index in [1.54, 1.807) is 0 Å². The fourth-order valence-corrected chi connectivity index (χ4v) is 2.40. The van der Waals surface area contributed by atoms with Crippen molar-refractivity contribution < 1.29 is 21.2 Å². The molecular weight excluding hydrogens is 295 g/mol. The normalized spacial score (nSPS) is 13.3. The maximum Gasteiger partial charge on any atom is 0.238 e. The van der Waals surface area contributed by atoms with Crippen LogP contribution in [0.15, 0.2) is 23.1 Å². The molecule has 0 aliphatic rings. The van der Waals surface area contributed by atoms with Crippen molar-refractivity contribution in [1.29, 1.82) is 0 Å². The van der Waals surface area contributed by atoms with Crippen LogP contribution in [0.3, 0.4) is 0 Å². The highest BCUT2D eigenvalue weighted by Crippen LogP contribution is 2.22. The van der Waals surface area contributed by atoms with E-state index >= 15 is 0 Å². The molecule has 0 bridgehead atoms. The molecule has 0 atom stereocenters. The molecule has 0 spiro atoms. The standard InChI is InChI=1S/C10H15FN2O4S2/c1-10(2,3)19(16,17)13-8-4-7(11)5-9(6-8)18(12,14)15/h4-6,13H,1-3H3,(H2,12,14,15). The van der Waals surface area contributed by atoms with Gasteiger partial charge in [-0.2, -0.15) is 0 Å². The van der Waals surface area contributed by atoms with Gasteiger partial charge in [-0.05, 0) is 39.0 Å². The molecule has 9 heteroatoms. The lowest BCUT2D eigenvalue weighted by molar-refractivity contribution is 0.565. The number of anilines is 1. The van der Waals surface area contributed by atoms with Gasteiger partial charge in [0.05, 0.1) is 15.3 Å². The largest absolute Gasteiger partial charge is 0.283 e. The van der Waals surface area contributed by atoms with Crippen molar-refractivity contribution in [3.8, 4) is 0 Å². The lowest BCUT2D eigenvalue weighted by Crippen LogP contribution is -2.33. The van der Waals surface area contributed by atoms with Crippen LogP contribution in [-0.4, -0.2) is 21.6 Å². The summed E-state index contributed by atoms with van der Waals surface area (Å²) < 4.78 is 60.3. The average molecular weight is 310 g/mol. The van der Waals surface area contributed by atoms with Gasteiger partial charge in [0.25, 0.3) is 0 Å². The van der Waals surface area contributed by atoms with Crippen molar-refractivity contribution in [2.24, 2.45) is 5.14 Å². The monoisotopic (exact) mass is 310 g/mol. The topological polar surface area (TPSA) is 106 Å². The van der Waals surface area contributed by atoms with Gasteiger partial charge in [0.1, 0.15) is 5.82 Å². The number of halogens is 1. The third-order valence-corrected chi connectivity index (χ3v) is 5.27. The maximum atomic E-state index is 13.3. The molecule has 108 valence electrons. The molecule has 19 heavy (non-hydrogen) atoms. The third-order valence-electron chi connectivity index (χ3n) is 2.26. The summed E-state index contributed by atoms with van der Waals surface area (Å²) in [6.07, 6.45) is 0. The highest BCUT2D eigenvalue weighted by Gasteiger charge is 2.29. The fourth-order valence-electron chi connectivity index (χ4n) is 1.09. The Balaban J connectivity index is 3.29. The zero-order valence-electron chi connectivity index (χ0n) is 10.6.